The van der Waals surface area contributed by atoms with Gasteiger partial charge in [-0.25, -0.2) is 0 Å². The van der Waals surface area contributed by atoms with Crippen molar-refractivity contribution < 1.29 is 14.6 Å². The Labute approximate surface area is 198 Å². The number of hydrogen-bond acceptors (Lipinski definition) is 5. The van der Waals surface area contributed by atoms with Gasteiger partial charge in [-0.05, 0) is 65.4 Å². The van der Waals surface area contributed by atoms with E-state index in [0.717, 1.165) is 49.9 Å². The molecule has 7 nitrogen and oxygen atoms in total. The highest BCUT2D eigenvalue weighted by molar-refractivity contribution is 14.0. The SMILES string of the molecule is CCNC(=NCC1(N(C)C)CCOCC1)NCC(O)c1ccc(OC(C)C)cc1.I. The Morgan fingerprint density at radius 2 is 1.83 bits per heavy atom. The molecule has 0 amide bonds. The van der Waals surface area contributed by atoms with E-state index in [-0.39, 0.29) is 35.6 Å². The summed E-state index contributed by atoms with van der Waals surface area (Å²) in [6.07, 6.45) is 1.44. The quantitative estimate of drug-likeness (QED) is 0.257. The Bertz CT molecular complexity index is 632. The molecule has 0 bridgehead atoms. The van der Waals surface area contributed by atoms with Gasteiger partial charge in [0.2, 0.25) is 0 Å². The van der Waals surface area contributed by atoms with Crippen molar-refractivity contribution in [3.63, 3.8) is 0 Å². The summed E-state index contributed by atoms with van der Waals surface area (Å²) in [5.41, 5.74) is 0.865. The van der Waals surface area contributed by atoms with Gasteiger partial charge in [0, 0.05) is 31.8 Å². The lowest BCUT2D eigenvalue weighted by molar-refractivity contribution is -0.00255. The Balaban J connectivity index is 0.00000450. The fraction of sp³-hybridized carbons (Fsp3) is 0.682. The van der Waals surface area contributed by atoms with Gasteiger partial charge in [-0.3, -0.25) is 4.99 Å². The summed E-state index contributed by atoms with van der Waals surface area (Å²) >= 11 is 0. The van der Waals surface area contributed by atoms with Gasteiger partial charge in [-0.15, -0.1) is 24.0 Å². The Kier molecular flexibility index (Phi) is 12.0. The number of guanidine groups is 1. The van der Waals surface area contributed by atoms with Gasteiger partial charge in [0.25, 0.3) is 0 Å². The largest absolute Gasteiger partial charge is 0.491 e. The fourth-order valence-electron chi connectivity index (χ4n) is 3.42. The molecule has 0 radical (unpaired) electrons. The first kappa shape index (κ1) is 26.9. The van der Waals surface area contributed by atoms with Crippen molar-refractivity contribution in [1.29, 1.82) is 0 Å². The van der Waals surface area contributed by atoms with Crippen molar-refractivity contribution in [2.24, 2.45) is 4.99 Å². The molecule has 1 heterocycles. The normalized spacial score (nSPS) is 17.4. The molecule has 0 saturated carbocycles. The first-order chi connectivity index (χ1) is 13.9. The Morgan fingerprint density at radius 3 is 2.37 bits per heavy atom. The first-order valence-electron chi connectivity index (χ1n) is 10.6. The predicted octanol–water partition coefficient (Wildman–Crippen LogP) is 2.79. The summed E-state index contributed by atoms with van der Waals surface area (Å²) in [6.45, 7) is 9.41. The molecule has 3 N–H and O–H groups in total. The maximum absolute atomic E-state index is 10.6. The van der Waals surface area contributed by atoms with Crippen LogP contribution in [-0.4, -0.2) is 74.6 Å². The molecule has 1 atom stereocenters. The van der Waals surface area contributed by atoms with Crippen LogP contribution in [0.3, 0.4) is 0 Å². The molecule has 0 aromatic heterocycles. The second-order valence-electron chi connectivity index (χ2n) is 8.06. The number of nitrogens with one attached hydrogen (secondary N) is 2. The Morgan fingerprint density at radius 1 is 1.20 bits per heavy atom. The molecule has 0 spiro atoms. The fourth-order valence-corrected chi connectivity index (χ4v) is 3.42. The van der Waals surface area contributed by atoms with Crippen LogP contribution in [0.4, 0.5) is 0 Å². The van der Waals surface area contributed by atoms with Crippen LogP contribution in [0.5, 0.6) is 5.75 Å². The van der Waals surface area contributed by atoms with E-state index in [2.05, 4.69) is 29.6 Å². The average molecular weight is 534 g/mol. The molecule has 30 heavy (non-hydrogen) atoms. The van der Waals surface area contributed by atoms with Gasteiger partial charge in [0.05, 0.1) is 18.8 Å². The van der Waals surface area contributed by atoms with Gasteiger partial charge in [0.15, 0.2) is 5.96 Å². The first-order valence-corrected chi connectivity index (χ1v) is 10.6. The number of nitrogens with zero attached hydrogens (tertiary/aromatic N) is 2. The Hall–Kier alpha value is -1.10. The number of ether oxygens (including phenoxy) is 2. The van der Waals surface area contributed by atoms with Crippen LogP contribution < -0.4 is 15.4 Å². The number of halogens is 1. The van der Waals surface area contributed by atoms with Crippen molar-refractivity contribution in [3.8, 4) is 5.75 Å². The minimum absolute atomic E-state index is 0. The maximum Gasteiger partial charge on any atom is 0.191 e. The highest BCUT2D eigenvalue weighted by atomic mass is 127. The molecular formula is C22H39IN4O3. The molecule has 172 valence electrons. The van der Waals surface area contributed by atoms with Gasteiger partial charge in [-0.1, -0.05) is 12.1 Å². The molecule has 1 aromatic carbocycles. The number of likely N-dealkylation sites (N-methyl/N-ethyl adjacent to an activating group) is 1. The molecule has 1 fully saturated rings. The second kappa shape index (κ2) is 13.3. The van der Waals surface area contributed by atoms with Crippen LogP contribution in [-0.2, 0) is 4.74 Å². The number of benzene rings is 1. The molecule has 0 aliphatic carbocycles. The van der Waals surface area contributed by atoms with Gasteiger partial charge in [0.1, 0.15) is 5.75 Å². The summed E-state index contributed by atoms with van der Waals surface area (Å²) in [5, 5.41) is 17.1. The lowest BCUT2D eigenvalue weighted by Crippen LogP contribution is -2.52. The molecule has 1 aliphatic rings. The van der Waals surface area contributed by atoms with E-state index in [4.69, 9.17) is 14.5 Å². The summed E-state index contributed by atoms with van der Waals surface area (Å²) in [4.78, 5) is 7.07. The molecule has 1 aliphatic heterocycles. The highest BCUT2D eigenvalue weighted by Crippen LogP contribution is 2.26. The van der Waals surface area contributed by atoms with E-state index in [0.29, 0.717) is 13.1 Å². The van der Waals surface area contributed by atoms with E-state index in [1.54, 1.807) is 0 Å². The smallest absolute Gasteiger partial charge is 0.191 e. The van der Waals surface area contributed by atoms with Crippen LogP contribution in [0, 0.1) is 0 Å². The third-order valence-electron chi connectivity index (χ3n) is 5.35. The standard InChI is InChI=1S/C22H38N4O3.HI/c1-6-23-21(25-16-22(26(4)5)11-13-28-14-12-22)24-15-20(27)18-7-9-19(10-8-18)29-17(2)3;/h7-10,17,20,27H,6,11-16H2,1-5H3,(H2,23,24,25);1H. The van der Waals surface area contributed by atoms with Crippen LogP contribution in [0.2, 0.25) is 0 Å². The van der Waals surface area contributed by atoms with Crippen LogP contribution in [0.1, 0.15) is 45.3 Å². The number of aliphatic hydroxyl groups is 1. The lowest BCUT2D eigenvalue weighted by Gasteiger charge is -2.41. The van der Waals surface area contributed by atoms with Crippen LogP contribution in [0.25, 0.3) is 0 Å². The number of aliphatic hydroxyl groups excluding tert-OH is 1. The van der Waals surface area contributed by atoms with Crippen molar-refractivity contribution >= 4 is 29.9 Å². The highest BCUT2D eigenvalue weighted by Gasteiger charge is 2.34. The molecular weight excluding hydrogens is 495 g/mol. The molecule has 1 aromatic rings. The van der Waals surface area contributed by atoms with Gasteiger partial charge < -0.3 is 30.1 Å². The summed E-state index contributed by atoms with van der Waals surface area (Å²) in [5.74, 6) is 1.53. The predicted molar refractivity (Wildman–Crippen MR) is 133 cm³/mol. The second-order valence-corrected chi connectivity index (χ2v) is 8.06. The van der Waals surface area contributed by atoms with Crippen LogP contribution in [0.15, 0.2) is 29.3 Å². The van der Waals surface area contributed by atoms with E-state index in [9.17, 15) is 5.11 Å². The number of rotatable bonds is 9. The van der Waals surface area contributed by atoms with E-state index < -0.39 is 6.10 Å². The number of aliphatic imine (C=N–C) groups is 1. The van der Waals surface area contributed by atoms with E-state index in [1.165, 1.54) is 0 Å². The minimum atomic E-state index is -0.627. The molecule has 1 unspecified atom stereocenters. The van der Waals surface area contributed by atoms with Crippen molar-refractivity contribution in [2.45, 2.75) is 51.4 Å². The topological polar surface area (TPSA) is 78.4 Å². The van der Waals surface area contributed by atoms with Crippen molar-refractivity contribution in [3.05, 3.63) is 29.8 Å². The third kappa shape index (κ3) is 8.20. The third-order valence-corrected chi connectivity index (χ3v) is 5.35. The lowest BCUT2D eigenvalue weighted by atomic mass is 9.89. The zero-order valence-electron chi connectivity index (χ0n) is 19.0. The summed E-state index contributed by atoms with van der Waals surface area (Å²) in [7, 11) is 4.22. The monoisotopic (exact) mass is 534 g/mol. The summed E-state index contributed by atoms with van der Waals surface area (Å²) in [6, 6.07) is 7.59. The van der Waals surface area contributed by atoms with E-state index in [1.807, 2.05) is 45.0 Å². The van der Waals surface area contributed by atoms with E-state index >= 15 is 0 Å². The molecule has 8 heteroatoms. The molecule has 1 saturated heterocycles. The number of hydrogen-bond donors (Lipinski definition) is 3. The maximum atomic E-state index is 10.6. The van der Waals surface area contributed by atoms with Crippen molar-refractivity contribution in [1.82, 2.24) is 15.5 Å². The minimum Gasteiger partial charge on any atom is -0.491 e. The van der Waals surface area contributed by atoms with Gasteiger partial charge in [-0.2, -0.15) is 0 Å². The molecule has 2 rings (SSSR count). The van der Waals surface area contributed by atoms with Gasteiger partial charge >= 0.3 is 0 Å². The summed E-state index contributed by atoms with van der Waals surface area (Å²) < 4.78 is 11.2. The zero-order chi connectivity index (χ0) is 21.3. The van der Waals surface area contributed by atoms with Crippen LogP contribution >= 0.6 is 24.0 Å². The van der Waals surface area contributed by atoms with Crippen molar-refractivity contribution in [2.75, 3.05) is 46.9 Å². The average Bonchev–Trinajstić information content (AvgIpc) is 2.70. The zero-order valence-corrected chi connectivity index (χ0v) is 21.3.